The van der Waals surface area contributed by atoms with E-state index in [1.54, 1.807) is 10.6 Å². The lowest BCUT2D eigenvalue weighted by atomic mass is 10.1. The molecule has 1 fully saturated rings. The standard InChI is InChI=1S/C22H23N7O/c1-16-15-19(30)29-20(17-7-3-2-4-8-17)25-21(26-22(29)24-16)28-13-11-27(12-14-28)18-9-5-6-10-23-18/h2-10,15,20H,11-14H2,1H3,(H,24,25,26)/t20-/m0/s1. The van der Waals surface area contributed by atoms with E-state index in [4.69, 9.17) is 4.99 Å². The van der Waals surface area contributed by atoms with Crippen LogP contribution in [-0.2, 0) is 0 Å². The fraction of sp³-hybridized carbons (Fsp3) is 0.273. The molecule has 4 heterocycles. The highest BCUT2D eigenvalue weighted by atomic mass is 16.1. The van der Waals surface area contributed by atoms with E-state index in [1.165, 1.54) is 0 Å². The van der Waals surface area contributed by atoms with Gasteiger partial charge in [-0.25, -0.2) is 15.0 Å². The van der Waals surface area contributed by atoms with Crippen LogP contribution in [0.3, 0.4) is 0 Å². The van der Waals surface area contributed by atoms with Gasteiger partial charge >= 0.3 is 0 Å². The molecule has 152 valence electrons. The molecule has 0 bridgehead atoms. The van der Waals surface area contributed by atoms with Gasteiger partial charge in [-0.05, 0) is 24.6 Å². The molecule has 0 unspecified atom stereocenters. The van der Waals surface area contributed by atoms with E-state index in [0.717, 1.165) is 43.5 Å². The number of rotatable bonds is 2. The quantitative estimate of drug-likeness (QED) is 0.709. The second-order valence-electron chi connectivity index (χ2n) is 7.45. The minimum atomic E-state index is -0.438. The van der Waals surface area contributed by atoms with Gasteiger partial charge in [-0.3, -0.25) is 14.7 Å². The fourth-order valence-electron chi connectivity index (χ4n) is 3.93. The Hall–Kier alpha value is -3.68. The summed E-state index contributed by atoms with van der Waals surface area (Å²) >= 11 is 0. The number of nitrogens with one attached hydrogen (secondary N) is 1. The van der Waals surface area contributed by atoms with E-state index >= 15 is 0 Å². The van der Waals surface area contributed by atoms with Crippen molar-refractivity contribution in [3.63, 3.8) is 0 Å². The predicted octanol–water partition coefficient (Wildman–Crippen LogP) is 2.10. The van der Waals surface area contributed by atoms with E-state index in [0.29, 0.717) is 11.6 Å². The van der Waals surface area contributed by atoms with E-state index in [-0.39, 0.29) is 5.56 Å². The summed E-state index contributed by atoms with van der Waals surface area (Å²) in [5.74, 6) is 2.28. The van der Waals surface area contributed by atoms with Crippen LogP contribution in [0.15, 0.2) is 70.6 Å². The number of anilines is 2. The van der Waals surface area contributed by atoms with Gasteiger partial charge < -0.3 is 9.80 Å². The van der Waals surface area contributed by atoms with Gasteiger partial charge in [0.25, 0.3) is 5.56 Å². The highest BCUT2D eigenvalue weighted by Gasteiger charge is 2.29. The molecule has 8 heteroatoms. The second-order valence-corrected chi connectivity index (χ2v) is 7.45. The van der Waals surface area contributed by atoms with Crippen molar-refractivity contribution in [2.24, 2.45) is 4.99 Å². The van der Waals surface area contributed by atoms with Crippen LogP contribution in [0, 0.1) is 6.92 Å². The first kappa shape index (κ1) is 18.4. The Balaban J connectivity index is 1.45. The molecule has 1 atom stereocenters. The molecular weight excluding hydrogens is 378 g/mol. The number of piperazine rings is 1. The lowest BCUT2D eigenvalue weighted by Crippen LogP contribution is -2.52. The van der Waals surface area contributed by atoms with Crippen molar-refractivity contribution >= 4 is 17.7 Å². The molecule has 0 amide bonds. The molecule has 1 N–H and O–H groups in total. The van der Waals surface area contributed by atoms with E-state index in [1.807, 2.05) is 61.7 Å². The first-order chi connectivity index (χ1) is 14.7. The number of hydrogen-bond acceptors (Lipinski definition) is 7. The van der Waals surface area contributed by atoms with E-state index in [2.05, 4.69) is 25.1 Å². The summed E-state index contributed by atoms with van der Waals surface area (Å²) in [6, 6.07) is 17.4. The molecule has 5 rings (SSSR count). The van der Waals surface area contributed by atoms with Gasteiger partial charge in [0.2, 0.25) is 11.9 Å². The van der Waals surface area contributed by atoms with Crippen LogP contribution in [0.4, 0.5) is 11.8 Å². The van der Waals surface area contributed by atoms with E-state index in [9.17, 15) is 4.79 Å². The lowest BCUT2D eigenvalue weighted by molar-refractivity contribution is 0.375. The van der Waals surface area contributed by atoms with Gasteiger partial charge in [0, 0.05) is 44.1 Å². The average molecular weight is 401 g/mol. The molecule has 1 aromatic carbocycles. The molecule has 3 aromatic rings. The van der Waals surface area contributed by atoms with Crippen molar-refractivity contribution in [1.82, 2.24) is 19.4 Å². The number of guanidine groups is 1. The number of nitrogens with zero attached hydrogens (tertiary/aromatic N) is 6. The normalized spacial score (nSPS) is 18.4. The third kappa shape index (κ3) is 3.41. The Morgan fingerprint density at radius 1 is 0.967 bits per heavy atom. The van der Waals surface area contributed by atoms with Crippen molar-refractivity contribution in [1.29, 1.82) is 0 Å². The van der Waals surface area contributed by atoms with Crippen LogP contribution in [0.1, 0.15) is 17.4 Å². The predicted molar refractivity (Wildman–Crippen MR) is 117 cm³/mol. The van der Waals surface area contributed by atoms with Crippen LogP contribution in [0.25, 0.3) is 0 Å². The molecule has 1 saturated heterocycles. The maximum atomic E-state index is 12.7. The van der Waals surface area contributed by atoms with Gasteiger partial charge in [0.05, 0.1) is 0 Å². The SMILES string of the molecule is Cc1cc(=O)n2c(n1)NC(N1CCN(c3ccccn3)CC1)=N[C@@H]2c1ccccc1. The minimum absolute atomic E-state index is 0.110. The summed E-state index contributed by atoms with van der Waals surface area (Å²) in [5.41, 5.74) is 1.53. The highest BCUT2D eigenvalue weighted by molar-refractivity contribution is 5.93. The lowest BCUT2D eigenvalue weighted by Gasteiger charge is -2.39. The first-order valence-corrected chi connectivity index (χ1v) is 10.1. The molecule has 2 aromatic heterocycles. The smallest absolute Gasteiger partial charge is 0.257 e. The number of aryl methyl sites for hydroxylation is 1. The third-order valence-corrected chi connectivity index (χ3v) is 5.44. The van der Waals surface area contributed by atoms with E-state index < -0.39 is 6.17 Å². The monoisotopic (exact) mass is 401 g/mol. The second kappa shape index (κ2) is 7.62. The molecule has 2 aliphatic heterocycles. The zero-order valence-electron chi connectivity index (χ0n) is 16.8. The zero-order chi connectivity index (χ0) is 20.5. The van der Waals surface area contributed by atoms with Crippen molar-refractivity contribution in [2.45, 2.75) is 13.1 Å². The Morgan fingerprint density at radius 3 is 2.43 bits per heavy atom. The van der Waals surface area contributed by atoms with Crippen LogP contribution >= 0.6 is 0 Å². The van der Waals surface area contributed by atoms with Crippen molar-refractivity contribution < 1.29 is 0 Å². The molecule has 0 spiro atoms. The first-order valence-electron chi connectivity index (χ1n) is 10.1. The molecule has 30 heavy (non-hydrogen) atoms. The average Bonchev–Trinajstić information content (AvgIpc) is 2.79. The van der Waals surface area contributed by atoms with Gasteiger partial charge in [-0.15, -0.1) is 0 Å². The number of hydrogen-bond donors (Lipinski definition) is 1. The number of fused-ring (bicyclic) bond motifs is 1. The molecule has 0 aliphatic carbocycles. The number of pyridine rings is 1. The Labute approximate surface area is 174 Å². The molecule has 0 radical (unpaired) electrons. The minimum Gasteiger partial charge on any atom is -0.353 e. The largest absolute Gasteiger partial charge is 0.353 e. The molecule has 0 saturated carbocycles. The summed E-state index contributed by atoms with van der Waals surface area (Å²) in [6.07, 6.45) is 1.38. The topological polar surface area (TPSA) is 78.7 Å². The molecule has 2 aliphatic rings. The zero-order valence-corrected chi connectivity index (χ0v) is 16.8. The van der Waals surface area contributed by atoms with Gasteiger partial charge in [-0.1, -0.05) is 36.4 Å². The van der Waals surface area contributed by atoms with Crippen LogP contribution in [-0.4, -0.2) is 51.6 Å². The van der Waals surface area contributed by atoms with Crippen LogP contribution in [0.2, 0.25) is 0 Å². The van der Waals surface area contributed by atoms with Crippen LogP contribution in [0.5, 0.6) is 0 Å². The number of aliphatic imine (C=N–C) groups is 1. The van der Waals surface area contributed by atoms with Crippen molar-refractivity contribution in [3.8, 4) is 0 Å². The molecule has 8 nitrogen and oxygen atoms in total. The Kier molecular flexibility index (Phi) is 4.66. The Bertz CT molecular complexity index is 1120. The summed E-state index contributed by atoms with van der Waals surface area (Å²) in [6.45, 7) is 5.14. The summed E-state index contributed by atoms with van der Waals surface area (Å²) < 4.78 is 1.62. The fourth-order valence-corrected chi connectivity index (χ4v) is 3.93. The third-order valence-electron chi connectivity index (χ3n) is 5.44. The summed E-state index contributed by atoms with van der Waals surface area (Å²) in [4.78, 5) is 31.2. The maximum Gasteiger partial charge on any atom is 0.257 e. The number of benzene rings is 1. The highest BCUT2D eigenvalue weighted by Crippen LogP contribution is 2.26. The van der Waals surface area contributed by atoms with Crippen LogP contribution < -0.4 is 15.8 Å². The van der Waals surface area contributed by atoms with Gasteiger partial charge in [-0.2, -0.15) is 0 Å². The van der Waals surface area contributed by atoms with Crippen molar-refractivity contribution in [3.05, 3.63) is 82.4 Å². The van der Waals surface area contributed by atoms with Gasteiger partial charge in [0.15, 0.2) is 6.17 Å². The maximum absolute atomic E-state index is 12.7. The van der Waals surface area contributed by atoms with Crippen molar-refractivity contribution in [2.75, 3.05) is 36.4 Å². The number of aromatic nitrogens is 3. The Morgan fingerprint density at radius 2 is 1.70 bits per heavy atom. The van der Waals surface area contributed by atoms with Gasteiger partial charge in [0.1, 0.15) is 5.82 Å². The molecular formula is C22H23N7O. The summed E-state index contributed by atoms with van der Waals surface area (Å²) in [5, 5.41) is 3.30. The summed E-state index contributed by atoms with van der Waals surface area (Å²) in [7, 11) is 0.